The Labute approximate surface area is 108 Å². The van der Waals surface area contributed by atoms with Crippen LogP contribution in [0.4, 0.5) is 4.39 Å². The summed E-state index contributed by atoms with van der Waals surface area (Å²) >= 11 is 3.07. The zero-order valence-electron chi connectivity index (χ0n) is 8.94. The third-order valence-corrected chi connectivity index (χ3v) is 3.91. The van der Waals surface area contributed by atoms with Gasteiger partial charge in [-0.1, -0.05) is 15.9 Å². The van der Waals surface area contributed by atoms with E-state index >= 15 is 0 Å². The quantitative estimate of drug-likeness (QED) is 0.922. The normalized spacial score (nSPS) is 13.1. The van der Waals surface area contributed by atoms with E-state index in [0.717, 1.165) is 6.07 Å². The van der Waals surface area contributed by atoms with Crippen molar-refractivity contribution in [2.75, 3.05) is 6.54 Å². The Hall–Kier alpha value is -0.970. The highest BCUT2D eigenvalue weighted by Gasteiger charge is 2.19. The van der Waals surface area contributed by atoms with Crippen molar-refractivity contribution in [2.24, 2.45) is 5.92 Å². The van der Waals surface area contributed by atoms with Gasteiger partial charge in [0.1, 0.15) is 10.7 Å². The fraction of sp³-hybridized carbons (Fsp3) is 0.300. The molecule has 1 rings (SSSR count). The van der Waals surface area contributed by atoms with Crippen LogP contribution in [0.1, 0.15) is 6.92 Å². The molecule has 4 nitrogen and oxygen atoms in total. The Kier molecular flexibility index (Phi) is 4.62. The van der Waals surface area contributed by atoms with Gasteiger partial charge in [-0.25, -0.2) is 17.5 Å². The molecule has 1 atom stereocenters. The second-order valence-electron chi connectivity index (χ2n) is 3.46. The molecule has 1 aromatic carbocycles. The van der Waals surface area contributed by atoms with E-state index in [-0.39, 0.29) is 6.54 Å². The average molecular weight is 321 g/mol. The molecule has 0 saturated carbocycles. The van der Waals surface area contributed by atoms with Crippen molar-refractivity contribution in [3.63, 3.8) is 0 Å². The van der Waals surface area contributed by atoms with E-state index in [2.05, 4.69) is 20.7 Å². The van der Waals surface area contributed by atoms with Gasteiger partial charge in [0, 0.05) is 11.0 Å². The van der Waals surface area contributed by atoms with Crippen LogP contribution in [0.5, 0.6) is 0 Å². The molecule has 0 amide bonds. The molecular weight excluding hydrogens is 311 g/mol. The molecule has 0 heterocycles. The molecule has 1 N–H and O–H groups in total. The predicted octanol–water partition coefficient (Wildman–Crippen LogP) is 2.03. The molecule has 92 valence electrons. The van der Waals surface area contributed by atoms with E-state index in [1.54, 1.807) is 6.92 Å². The summed E-state index contributed by atoms with van der Waals surface area (Å²) in [6.45, 7) is 1.52. The minimum absolute atomic E-state index is 0.0508. The van der Waals surface area contributed by atoms with Gasteiger partial charge < -0.3 is 0 Å². The minimum atomic E-state index is -3.92. The summed E-state index contributed by atoms with van der Waals surface area (Å²) in [5.74, 6) is -1.30. The van der Waals surface area contributed by atoms with Crippen molar-refractivity contribution in [1.82, 2.24) is 4.72 Å². The molecular formula is C10H10BrFN2O2S. The van der Waals surface area contributed by atoms with Crippen molar-refractivity contribution >= 4 is 26.0 Å². The molecule has 0 aromatic heterocycles. The zero-order valence-corrected chi connectivity index (χ0v) is 11.3. The summed E-state index contributed by atoms with van der Waals surface area (Å²) in [6, 6.07) is 5.53. The third-order valence-electron chi connectivity index (χ3n) is 1.98. The molecule has 0 fully saturated rings. The Morgan fingerprint density at radius 1 is 1.59 bits per heavy atom. The first kappa shape index (κ1) is 14.1. The summed E-state index contributed by atoms with van der Waals surface area (Å²) < 4.78 is 39.5. The van der Waals surface area contributed by atoms with Gasteiger partial charge in [-0.05, 0) is 25.1 Å². The van der Waals surface area contributed by atoms with E-state index in [9.17, 15) is 12.8 Å². The van der Waals surface area contributed by atoms with Crippen molar-refractivity contribution < 1.29 is 12.8 Å². The maximum Gasteiger partial charge on any atom is 0.243 e. The highest BCUT2D eigenvalue weighted by Crippen LogP contribution is 2.19. The van der Waals surface area contributed by atoms with Gasteiger partial charge in [-0.3, -0.25) is 0 Å². The number of hydrogen-bond acceptors (Lipinski definition) is 3. The average Bonchev–Trinajstić information content (AvgIpc) is 2.29. The van der Waals surface area contributed by atoms with Crippen LogP contribution in [0.2, 0.25) is 0 Å². The fourth-order valence-corrected chi connectivity index (χ4v) is 2.79. The summed E-state index contributed by atoms with van der Waals surface area (Å²) in [7, 11) is -3.92. The molecule has 0 aliphatic heterocycles. The van der Waals surface area contributed by atoms with E-state index in [1.165, 1.54) is 12.1 Å². The monoisotopic (exact) mass is 320 g/mol. The number of hydrogen-bond donors (Lipinski definition) is 1. The Bertz CT molecular complexity index is 554. The van der Waals surface area contributed by atoms with Gasteiger partial charge in [0.2, 0.25) is 10.0 Å². The standard InChI is InChI=1S/C10H10BrFN2O2S/c1-7(5-13)6-14-17(15,16)10-4-8(11)2-3-9(10)12/h2-4,7,14H,6H2,1H3/t7-/m0/s1. The maximum absolute atomic E-state index is 13.4. The number of sulfonamides is 1. The van der Waals surface area contributed by atoms with Gasteiger partial charge in [0.15, 0.2) is 0 Å². The topological polar surface area (TPSA) is 70.0 Å². The maximum atomic E-state index is 13.4. The van der Waals surface area contributed by atoms with Crippen LogP contribution >= 0.6 is 15.9 Å². The number of halogens is 2. The molecule has 0 bridgehead atoms. The van der Waals surface area contributed by atoms with Crippen molar-refractivity contribution in [2.45, 2.75) is 11.8 Å². The lowest BCUT2D eigenvalue weighted by Gasteiger charge is -2.08. The first-order chi connectivity index (χ1) is 7.86. The van der Waals surface area contributed by atoms with Gasteiger partial charge in [0.05, 0.1) is 12.0 Å². The summed E-state index contributed by atoms with van der Waals surface area (Å²) in [6.07, 6.45) is 0. The second kappa shape index (κ2) is 5.58. The van der Waals surface area contributed by atoms with Crippen LogP contribution in [-0.4, -0.2) is 15.0 Å². The van der Waals surface area contributed by atoms with Crippen LogP contribution in [0.3, 0.4) is 0 Å². The van der Waals surface area contributed by atoms with Gasteiger partial charge in [-0.15, -0.1) is 0 Å². The number of nitrogens with zero attached hydrogens (tertiary/aromatic N) is 1. The van der Waals surface area contributed by atoms with Crippen molar-refractivity contribution in [1.29, 1.82) is 5.26 Å². The lowest BCUT2D eigenvalue weighted by atomic mass is 10.2. The lowest BCUT2D eigenvalue weighted by Crippen LogP contribution is -2.28. The number of nitriles is 1. The smallest absolute Gasteiger partial charge is 0.210 e. The zero-order chi connectivity index (χ0) is 13.1. The molecule has 1 aromatic rings. The predicted molar refractivity (Wildman–Crippen MR) is 64.1 cm³/mol. The number of benzene rings is 1. The summed E-state index contributed by atoms with van der Waals surface area (Å²) in [5.41, 5.74) is 0. The SMILES string of the molecule is C[C@@H](C#N)CNS(=O)(=O)c1cc(Br)ccc1F. The van der Waals surface area contributed by atoms with Crippen molar-refractivity contribution in [3.8, 4) is 6.07 Å². The van der Waals surface area contributed by atoms with Crippen LogP contribution in [0.25, 0.3) is 0 Å². The number of nitrogens with one attached hydrogen (secondary N) is 1. The Morgan fingerprint density at radius 2 is 2.24 bits per heavy atom. The van der Waals surface area contributed by atoms with Crippen LogP contribution in [0.15, 0.2) is 27.6 Å². The molecule has 0 radical (unpaired) electrons. The molecule has 0 aliphatic rings. The van der Waals surface area contributed by atoms with E-state index in [1.807, 2.05) is 6.07 Å². The van der Waals surface area contributed by atoms with Crippen molar-refractivity contribution in [3.05, 3.63) is 28.5 Å². The first-order valence-corrected chi connectivity index (χ1v) is 6.99. The van der Waals surface area contributed by atoms with Crippen LogP contribution < -0.4 is 4.72 Å². The summed E-state index contributed by atoms with van der Waals surface area (Å²) in [5, 5.41) is 8.53. The molecule has 0 saturated heterocycles. The molecule has 0 aliphatic carbocycles. The van der Waals surface area contributed by atoms with E-state index < -0.39 is 26.7 Å². The van der Waals surface area contributed by atoms with Gasteiger partial charge in [0.25, 0.3) is 0 Å². The molecule has 17 heavy (non-hydrogen) atoms. The van der Waals surface area contributed by atoms with Gasteiger partial charge >= 0.3 is 0 Å². The second-order valence-corrected chi connectivity index (χ2v) is 6.11. The molecule has 7 heteroatoms. The first-order valence-electron chi connectivity index (χ1n) is 4.71. The van der Waals surface area contributed by atoms with Gasteiger partial charge in [-0.2, -0.15) is 5.26 Å². The van der Waals surface area contributed by atoms with Crippen LogP contribution in [-0.2, 0) is 10.0 Å². The third kappa shape index (κ3) is 3.77. The lowest BCUT2D eigenvalue weighted by molar-refractivity contribution is 0.551. The minimum Gasteiger partial charge on any atom is -0.210 e. The van der Waals surface area contributed by atoms with E-state index in [4.69, 9.17) is 5.26 Å². The highest BCUT2D eigenvalue weighted by atomic mass is 79.9. The largest absolute Gasteiger partial charge is 0.243 e. The Morgan fingerprint density at radius 3 is 2.82 bits per heavy atom. The number of rotatable bonds is 4. The Balaban J connectivity index is 2.98. The molecule has 0 unspecified atom stereocenters. The fourth-order valence-electron chi connectivity index (χ4n) is 1.04. The van der Waals surface area contributed by atoms with E-state index in [0.29, 0.717) is 4.47 Å². The van der Waals surface area contributed by atoms with Crippen LogP contribution in [0, 0.1) is 23.1 Å². The summed E-state index contributed by atoms with van der Waals surface area (Å²) in [4.78, 5) is -0.433. The highest BCUT2D eigenvalue weighted by molar-refractivity contribution is 9.10. The molecule has 0 spiro atoms.